The number of nitrogens with zero attached hydrogens (tertiary/aromatic N) is 2. The minimum atomic E-state index is -0.997. The van der Waals surface area contributed by atoms with E-state index in [1.54, 1.807) is 30.3 Å². The normalized spacial score (nSPS) is 10.9. The summed E-state index contributed by atoms with van der Waals surface area (Å²) in [6.07, 6.45) is 0. The maximum atomic E-state index is 10.8. The number of hydrogen-bond donors (Lipinski definition) is 1. The quantitative estimate of drug-likeness (QED) is 0.810. The summed E-state index contributed by atoms with van der Waals surface area (Å²) in [4.78, 5) is 10.8. The van der Waals surface area contributed by atoms with Crippen molar-refractivity contribution in [1.29, 1.82) is 0 Å². The van der Waals surface area contributed by atoms with Crippen LogP contribution >= 0.6 is 23.2 Å². The van der Waals surface area contributed by atoms with E-state index in [9.17, 15) is 4.79 Å². The van der Waals surface area contributed by atoms with Crippen LogP contribution in [-0.2, 0) is 6.54 Å². The summed E-state index contributed by atoms with van der Waals surface area (Å²) >= 11 is 11.8. The molecule has 0 amide bonds. The van der Waals surface area contributed by atoms with Gasteiger partial charge >= 0.3 is 5.97 Å². The fourth-order valence-corrected chi connectivity index (χ4v) is 2.17. The largest absolute Gasteiger partial charge is 0.478 e. The van der Waals surface area contributed by atoms with E-state index in [1.165, 1.54) is 12.1 Å². The van der Waals surface area contributed by atoms with Crippen LogP contribution in [0, 0.1) is 0 Å². The van der Waals surface area contributed by atoms with Gasteiger partial charge < -0.3 is 5.11 Å². The number of hydrogen-bond acceptors (Lipinski definition) is 3. The Hall–Kier alpha value is -1.91. The fraction of sp³-hybridized carbons (Fsp3) is 0.0714. The molecule has 0 aliphatic carbocycles. The molecule has 0 saturated heterocycles. The van der Waals surface area contributed by atoms with Crippen molar-refractivity contribution in [3.05, 3.63) is 63.6 Å². The van der Waals surface area contributed by atoms with E-state index in [0.717, 1.165) is 5.56 Å². The maximum Gasteiger partial charge on any atom is 0.335 e. The van der Waals surface area contributed by atoms with Crippen LogP contribution in [0.15, 0.2) is 52.7 Å². The van der Waals surface area contributed by atoms with E-state index in [2.05, 4.69) is 10.2 Å². The third-order valence-corrected chi connectivity index (χ3v) is 2.89. The molecule has 20 heavy (non-hydrogen) atoms. The third kappa shape index (κ3) is 4.05. The first kappa shape index (κ1) is 14.5. The smallest absolute Gasteiger partial charge is 0.335 e. The number of rotatable bonds is 4. The van der Waals surface area contributed by atoms with Crippen LogP contribution in [0.5, 0.6) is 0 Å². The highest BCUT2D eigenvalue weighted by Gasteiger charge is 2.02. The molecule has 0 aliphatic rings. The first-order valence-electron chi connectivity index (χ1n) is 5.70. The highest BCUT2D eigenvalue weighted by Crippen LogP contribution is 2.20. The van der Waals surface area contributed by atoms with Crippen LogP contribution in [0.25, 0.3) is 0 Å². The van der Waals surface area contributed by atoms with Gasteiger partial charge in [0, 0.05) is 10.0 Å². The minimum absolute atomic E-state index is 0.173. The SMILES string of the molecule is O=C(O)c1cccc(N=NCc2cc(Cl)cc(Cl)c2)c1. The van der Waals surface area contributed by atoms with Crippen LogP contribution in [0.2, 0.25) is 10.0 Å². The van der Waals surface area contributed by atoms with Gasteiger partial charge in [-0.3, -0.25) is 0 Å². The van der Waals surface area contributed by atoms with Crippen LogP contribution in [0.3, 0.4) is 0 Å². The molecule has 2 rings (SSSR count). The molecule has 0 heterocycles. The van der Waals surface area contributed by atoms with Crippen molar-refractivity contribution in [2.24, 2.45) is 10.2 Å². The van der Waals surface area contributed by atoms with Crippen LogP contribution in [0.1, 0.15) is 15.9 Å². The minimum Gasteiger partial charge on any atom is -0.478 e. The monoisotopic (exact) mass is 308 g/mol. The summed E-state index contributed by atoms with van der Waals surface area (Å²) in [5.74, 6) is -0.997. The highest BCUT2D eigenvalue weighted by molar-refractivity contribution is 6.34. The summed E-state index contributed by atoms with van der Waals surface area (Å²) in [6.45, 7) is 0.317. The van der Waals surface area contributed by atoms with E-state index in [4.69, 9.17) is 28.3 Å². The zero-order valence-electron chi connectivity index (χ0n) is 10.3. The lowest BCUT2D eigenvalue weighted by molar-refractivity contribution is 0.0697. The van der Waals surface area contributed by atoms with Crippen molar-refractivity contribution in [2.45, 2.75) is 6.54 Å². The second-order valence-corrected chi connectivity index (χ2v) is 4.91. The average Bonchev–Trinajstić information content (AvgIpc) is 2.38. The van der Waals surface area contributed by atoms with Gasteiger partial charge in [-0.2, -0.15) is 10.2 Å². The lowest BCUT2D eigenvalue weighted by Crippen LogP contribution is -1.94. The molecule has 4 nitrogen and oxygen atoms in total. The molecule has 0 fully saturated rings. The summed E-state index contributed by atoms with van der Waals surface area (Å²) in [7, 11) is 0. The van der Waals surface area contributed by atoms with Crippen molar-refractivity contribution in [1.82, 2.24) is 0 Å². The summed E-state index contributed by atoms with van der Waals surface area (Å²) in [5.41, 5.74) is 1.49. The number of aromatic carboxylic acids is 1. The van der Waals surface area contributed by atoms with E-state index < -0.39 is 5.97 Å². The molecule has 0 radical (unpaired) electrons. The zero-order valence-corrected chi connectivity index (χ0v) is 11.8. The average molecular weight is 309 g/mol. The summed E-state index contributed by atoms with van der Waals surface area (Å²) in [6, 6.07) is 11.4. The van der Waals surface area contributed by atoms with E-state index in [-0.39, 0.29) is 5.56 Å². The van der Waals surface area contributed by atoms with Gasteiger partial charge in [-0.15, -0.1) is 0 Å². The Morgan fingerprint density at radius 3 is 2.45 bits per heavy atom. The number of halogens is 2. The molecule has 0 saturated carbocycles. The van der Waals surface area contributed by atoms with Gasteiger partial charge in [0.2, 0.25) is 0 Å². The molecular formula is C14H10Cl2N2O2. The lowest BCUT2D eigenvalue weighted by Gasteiger charge is -1.99. The standard InChI is InChI=1S/C14H10Cl2N2O2/c15-11-4-9(5-12(16)7-11)8-17-18-13-3-1-2-10(6-13)14(19)20/h1-7H,8H2,(H,19,20). The molecule has 0 bridgehead atoms. The Balaban J connectivity index is 2.10. The first-order chi connectivity index (χ1) is 9.54. The Labute approximate surface area is 125 Å². The van der Waals surface area contributed by atoms with Gasteiger partial charge in [0.25, 0.3) is 0 Å². The Morgan fingerprint density at radius 2 is 1.80 bits per heavy atom. The maximum absolute atomic E-state index is 10.8. The number of azo groups is 1. The van der Waals surface area contributed by atoms with Crippen molar-refractivity contribution in [3.63, 3.8) is 0 Å². The molecule has 0 spiro atoms. The molecule has 6 heteroatoms. The van der Waals surface area contributed by atoms with E-state index in [0.29, 0.717) is 22.3 Å². The number of benzene rings is 2. The topological polar surface area (TPSA) is 62.0 Å². The number of carboxylic acids is 1. The second kappa shape index (κ2) is 6.50. The molecule has 0 aliphatic heterocycles. The molecule has 0 unspecified atom stereocenters. The van der Waals surface area contributed by atoms with Crippen molar-refractivity contribution < 1.29 is 9.90 Å². The lowest BCUT2D eigenvalue weighted by atomic mass is 10.2. The number of carboxylic acid groups (broad SMARTS) is 1. The highest BCUT2D eigenvalue weighted by atomic mass is 35.5. The fourth-order valence-electron chi connectivity index (χ4n) is 1.60. The zero-order chi connectivity index (χ0) is 14.5. The van der Waals surface area contributed by atoms with Gasteiger partial charge in [-0.05, 0) is 42.0 Å². The van der Waals surface area contributed by atoms with Gasteiger partial charge in [0.15, 0.2) is 0 Å². The molecule has 2 aromatic rings. The van der Waals surface area contributed by atoms with Gasteiger partial charge in [-0.1, -0.05) is 29.3 Å². The Bertz CT molecular complexity index is 652. The van der Waals surface area contributed by atoms with E-state index >= 15 is 0 Å². The molecule has 0 aromatic heterocycles. The van der Waals surface area contributed by atoms with Crippen molar-refractivity contribution in [3.8, 4) is 0 Å². The summed E-state index contributed by atoms with van der Waals surface area (Å²) < 4.78 is 0. The predicted octanol–water partition coefficient (Wildman–Crippen LogP) is 4.98. The second-order valence-electron chi connectivity index (χ2n) is 4.03. The van der Waals surface area contributed by atoms with Gasteiger partial charge in [-0.25, -0.2) is 4.79 Å². The molecule has 0 atom stereocenters. The molecular weight excluding hydrogens is 299 g/mol. The van der Waals surface area contributed by atoms with Gasteiger partial charge in [0.05, 0.1) is 17.8 Å². The molecule has 2 aromatic carbocycles. The van der Waals surface area contributed by atoms with Crippen LogP contribution in [-0.4, -0.2) is 11.1 Å². The van der Waals surface area contributed by atoms with Crippen LogP contribution in [0.4, 0.5) is 5.69 Å². The first-order valence-corrected chi connectivity index (χ1v) is 6.46. The molecule has 102 valence electrons. The van der Waals surface area contributed by atoms with Crippen LogP contribution < -0.4 is 0 Å². The summed E-state index contributed by atoms with van der Waals surface area (Å²) in [5, 5.41) is 17.9. The third-order valence-electron chi connectivity index (χ3n) is 2.45. The Morgan fingerprint density at radius 1 is 1.10 bits per heavy atom. The Kier molecular flexibility index (Phi) is 4.71. The van der Waals surface area contributed by atoms with Crippen molar-refractivity contribution in [2.75, 3.05) is 0 Å². The number of carbonyl (C=O) groups is 1. The van der Waals surface area contributed by atoms with Gasteiger partial charge in [0.1, 0.15) is 0 Å². The predicted molar refractivity (Wildman–Crippen MR) is 78.1 cm³/mol. The molecule has 1 N–H and O–H groups in total. The van der Waals surface area contributed by atoms with E-state index in [1.807, 2.05) is 0 Å². The van der Waals surface area contributed by atoms with Crippen molar-refractivity contribution >= 4 is 34.9 Å².